The summed E-state index contributed by atoms with van der Waals surface area (Å²) in [6, 6.07) is 14.6. The van der Waals surface area contributed by atoms with E-state index in [-0.39, 0.29) is 28.8 Å². The highest BCUT2D eigenvalue weighted by Gasteiger charge is 2.36. The summed E-state index contributed by atoms with van der Waals surface area (Å²) in [5.41, 5.74) is 1.49. The second-order valence-corrected chi connectivity index (χ2v) is 8.03. The average molecular weight is 480 g/mol. The van der Waals surface area contributed by atoms with Gasteiger partial charge in [0.05, 0.1) is 47.8 Å². The Labute approximate surface area is 202 Å². The van der Waals surface area contributed by atoms with E-state index < -0.39 is 17.7 Å². The van der Waals surface area contributed by atoms with Gasteiger partial charge in [-0.1, -0.05) is 12.1 Å². The van der Waals surface area contributed by atoms with Crippen molar-refractivity contribution in [1.29, 1.82) is 0 Å². The maximum Gasteiger partial charge on any atom is 0.261 e. The highest BCUT2D eigenvalue weighted by Crippen LogP contribution is 2.27. The Morgan fingerprint density at radius 2 is 1.83 bits per heavy atom. The number of anilines is 1. The molecule has 3 aromatic heterocycles. The lowest BCUT2D eigenvalue weighted by Gasteiger charge is -2.12. The van der Waals surface area contributed by atoms with Gasteiger partial charge in [-0.25, -0.2) is 9.67 Å². The molecular weight excluding hydrogens is 464 g/mol. The van der Waals surface area contributed by atoms with E-state index in [9.17, 15) is 19.2 Å². The molecule has 4 heterocycles. The third kappa shape index (κ3) is 3.38. The van der Waals surface area contributed by atoms with E-state index >= 15 is 0 Å². The number of hydrogen-bond acceptors (Lipinski definition) is 7. The van der Waals surface area contributed by atoms with E-state index in [2.05, 4.69) is 20.4 Å². The first kappa shape index (κ1) is 21.2. The number of carbonyl (C=O) groups is 3. The standard InChI is InChI=1S/C25H16N6O5/c32-22(14-7-8-16-17(10-14)25(35)30(24(16)34)12-15-4-3-9-36-15)29-19-5-1-2-6-20(19)31-21-18(11-28-31)23(33)27-13-26-21/h1-11,13H,12H2,(H,29,32)(H,26,27,33). The lowest BCUT2D eigenvalue weighted by Crippen LogP contribution is -2.28. The zero-order chi connectivity index (χ0) is 24.8. The highest BCUT2D eigenvalue weighted by molar-refractivity contribution is 6.22. The molecule has 11 nitrogen and oxygen atoms in total. The van der Waals surface area contributed by atoms with E-state index in [0.717, 1.165) is 4.90 Å². The van der Waals surface area contributed by atoms with Gasteiger partial charge in [0.2, 0.25) is 0 Å². The van der Waals surface area contributed by atoms with Crippen LogP contribution in [0, 0.1) is 0 Å². The number of rotatable bonds is 5. The van der Waals surface area contributed by atoms with E-state index in [1.165, 1.54) is 41.7 Å². The predicted molar refractivity (Wildman–Crippen MR) is 127 cm³/mol. The maximum atomic E-state index is 13.1. The van der Waals surface area contributed by atoms with Crippen molar-refractivity contribution in [1.82, 2.24) is 24.6 Å². The Kier molecular flexibility index (Phi) is 4.81. The molecule has 2 N–H and O–H groups in total. The summed E-state index contributed by atoms with van der Waals surface area (Å²) < 4.78 is 6.71. The molecular formula is C25H16N6O5. The molecule has 1 aliphatic heterocycles. The number of carbonyl (C=O) groups excluding carboxylic acids is 3. The van der Waals surface area contributed by atoms with Gasteiger partial charge in [0.15, 0.2) is 5.65 Å². The molecule has 0 atom stereocenters. The van der Waals surface area contributed by atoms with Crippen LogP contribution in [0.25, 0.3) is 16.7 Å². The van der Waals surface area contributed by atoms with Crippen molar-refractivity contribution < 1.29 is 18.8 Å². The van der Waals surface area contributed by atoms with E-state index in [4.69, 9.17) is 4.42 Å². The average Bonchev–Trinajstić information content (AvgIpc) is 3.61. The Balaban J connectivity index is 1.30. The van der Waals surface area contributed by atoms with Crippen LogP contribution in [0.5, 0.6) is 0 Å². The van der Waals surface area contributed by atoms with Crippen LogP contribution in [0.4, 0.5) is 5.69 Å². The Bertz CT molecular complexity index is 1730. The summed E-state index contributed by atoms with van der Waals surface area (Å²) in [6.07, 6.45) is 4.15. The van der Waals surface area contributed by atoms with Crippen LogP contribution in [-0.2, 0) is 6.54 Å². The summed E-state index contributed by atoms with van der Waals surface area (Å²) >= 11 is 0. The Hall–Kier alpha value is -5.32. The normalized spacial score (nSPS) is 12.8. The van der Waals surface area contributed by atoms with Crippen LogP contribution in [0.15, 0.2) is 82.6 Å². The molecule has 0 radical (unpaired) electrons. The van der Waals surface area contributed by atoms with E-state index in [0.29, 0.717) is 28.2 Å². The monoisotopic (exact) mass is 480 g/mol. The Morgan fingerprint density at radius 3 is 2.67 bits per heavy atom. The second kappa shape index (κ2) is 8.17. The van der Waals surface area contributed by atoms with Gasteiger partial charge in [-0.3, -0.25) is 24.1 Å². The fraction of sp³-hybridized carbons (Fsp3) is 0.0400. The number of imide groups is 1. The fourth-order valence-corrected chi connectivity index (χ4v) is 4.12. The quantitative estimate of drug-likeness (QED) is 0.368. The van der Waals surface area contributed by atoms with Gasteiger partial charge in [-0.2, -0.15) is 5.10 Å². The number of nitrogens with one attached hydrogen (secondary N) is 2. The molecule has 5 aromatic rings. The summed E-state index contributed by atoms with van der Waals surface area (Å²) in [7, 11) is 0. The predicted octanol–water partition coefficient (Wildman–Crippen LogP) is 2.75. The number of para-hydroxylation sites is 2. The molecule has 176 valence electrons. The van der Waals surface area contributed by atoms with Crippen molar-refractivity contribution in [3.8, 4) is 5.69 Å². The number of aromatic amines is 1. The first-order valence-electron chi connectivity index (χ1n) is 10.9. The smallest absolute Gasteiger partial charge is 0.261 e. The number of hydrogen-bond donors (Lipinski definition) is 2. The van der Waals surface area contributed by atoms with E-state index in [1.54, 1.807) is 36.4 Å². The molecule has 0 unspecified atom stereocenters. The third-order valence-electron chi connectivity index (χ3n) is 5.88. The van der Waals surface area contributed by atoms with Crippen LogP contribution in [0.2, 0.25) is 0 Å². The zero-order valence-electron chi connectivity index (χ0n) is 18.5. The minimum absolute atomic E-state index is 0.00292. The highest BCUT2D eigenvalue weighted by atomic mass is 16.3. The number of fused-ring (bicyclic) bond motifs is 2. The van der Waals surface area contributed by atoms with Crippen molar-refractivity contribution in [2.75, 3.05) is 5.32 Å². The molecule has 11 heteroatoms. The summed E-state index contributed by atoms with van der Waals surface area (Å²) in [5, 5.41) is 7.38. The molecule has 0 spiro atoms. The first-order valence-corrected chi connectivity index (χ1v) is 10.9. The van der Waals surface area contributed by atoms with Gasteiger partial charge in [0, 0.05) is 5.56 Å². The molecule has 3 amide bonds. The molecule has 0 bridgehead atoms. The van der Waals surface area contributed by atoms with Crippen molar-refractivity contribution in [2.45, 2.75) is 6.54 Å². The number of nitrogens with zero attached hydrogens (tertiary/aromatic N) is 4. The number of furan rings is 1. The minimum Gasteiger partial charge on any atom is -0.467 e. The van der Waals surface area contributed by atoms with Crippen LogP contribution >= 0.6 is 0 Å². The maximum absolute atomic E-state index is 13.1. The molecule has 0 saturated heterocycles. The minimum atomic E-state index is -0.499. The molecule has 0 saturated carbocycles. The molecule has 2 aromatic carbocycles. The van der Waals surface area contributed by atoms with Gasteiger partial charge >= 0.3 is 0 Å². The van der Waals surface area contributed by atoms with Crippen molar-refractivity contribution >= 4 is 34.4 Å². The number of amides is 3. The van der Waals surface area contributed by atoms with E-state index in [1.807, 2.05) is 0 Å². The van der Waals surface area contributed by atoms with Gasteiger partial charge in [0.1, 0.15) is 11.1 Å². The van der Waals surface area contributed by atoms with Crippen LogP contribution in [-0.4, -0.2) is 42.4 Å². The van der Waals surface area contributed by atoms with Crippen LogP contribution in [0.3, 0.4) is 0 Å². The van der Waals surface area contributed by atoms with Crippen molar-refractivity contribution in [2.24, 2.45) is 0 Å². The summed E-state index contributed by atoms with van der Waals surface area (Å²) in [6.45, 7) is 0.00292. The number of aromatic nitrogens is 4. The van der Waals surface area contributed by atoms with Crippen LogP contribution in [0.1, 0.15) is 36.8 Å². The van der Waals surface area contributed by atoms with Gasteiger partial charge < -0.3 is 14.7 Å². The number of H-pyrrole nitrogens is 1. The topological polar surface area (TPSA) is 143 Å². The second-order valence-electron chi connectivity index (χ2n) is 8.03. The SMILES string of the molecule is O=C(Nc1ccccc1-n1ncc2c(=O)[nH]cnc21)c1ccc2c(c1)C(=O)N(Cc1ccco1)C2=O. The van der Waals surface area contributed by atoms with Crippen molar-refractivity contribution in [3.63, 3.8) is 0 Å². The molecule has 1 aliphatic rings. The largest absolute Gasteiger partial charge is 0.467 e. The number of benzene rings is 2. The van der Waals surface area contributed by atoms with Crippen molar-refractivity contribution in [3.05, 3.63) is 106 Å². The lowest BCUT2D eigenvalue weighted by atomic mass is 10.1. The zero-order valence-corrected chi connectivity index (χ0v) is 18.5. The van der Waals surface area contributed by atoms with Gasteiger partial charge in [-0.05, 0) is 42.5 Å². The van der Waals surface area contributed by atoms with Gasteiger partial charge in [0.25, 0.3) is 23.3 Å². The fourth-order valence-electron chi connectivity index (χ4n) is 4.12. The first-order chi connectivity index (χ1) is 17.5. The lowest BCUT2D eigenvalue weighted by molar-refractivity contribution is 0.0631. The third-order valence-corrected chi connectivity index (χ3v) is 5.88. The molecule has 0 aliphatic carbocycles. The summed E-state index contributed by atoms with van der Waals surface area (Å²) in [4.78, 5) is 58.6. The molecule has 6 rings (SSSR count). The Morgan fingerprint density at radius 1 is 1.00 bits per heavy atom. The summed E-state index contributed by atoms with van der Waals surface area (Å²) in [5.74, 6) is -0.962. The molecule has 0 fully saturated rings. The molecule has 36 heavy (non-hydrogen) atoms. The van der Waals surface area contributed by atoms with Gasteiger partial charge in [-0.15, -0.1) is 0 Å². The van der Waals surface area contributed by atoms with Crippen LogP contribution < -0.4 is 10.9 Å².